The highest BCUT2D eigenvalue weighted by atomic mass is 16.2. The second-order valence-corrected chi connectivity index (χ2v) is 4.26. The van der Waals surface area contributed by atoms with Gasteiger partial charge in [0.1, 0.15) is 0 Å². The van der Waals surface area contributed by atoms with Gasteiger partial charge in [-0.3, -0.25) is 9.78 Å². The summed E-state index contributed by atoms with van der Waals surface area (Å²) < 4.78 is 0. The van der Waals surface area contributed by atoms with Gasteiger partial charge in [0, 0.05) is 11.9 Å². The number of nitrogens with zero attached hydrogens (tertiary/aromatic N) is 2. The Morgan fingerprint density at radius 3 is 3.11 bits per heavy atom. The summed E-state index contributed by atoms with van der Waals surface area (Å²) in [5, 5.41) is 3.92. The fraction of sp³-hybridized carbons (Fsp3) is 0.143. The van der Waals surface area contributed by atoms with Gasteiger partial charge in [-0.15, -0.1) is 6.58 Å². The van der Waals surface area contributed by atoms with Gasteiger partial charge in [0.15, 0.2) is 0 Å². The maximum Gasteiger partial charge on any atom is 0.244 e. The average Bonchev–Trinajstić information content (AvgIpc) is 2.38. The van der Waals surface area contributed by atoms with Crippen molar-refractivity contribution in [2.24, 2.45) is 0 Å². The van der Waals surface area contributed by atoms with Crippen LogP contribution >= 0.6 is 0 Å². The molecule has 4 nitrogen and oxygen atoms in total. The maximum absolute atomic E-state index is 11.6. The van der Waals surface area contributed by atoms with E-state index in [9.17, 15) is 4.79 Å². The minimum absolute atomic E-state index is 0.0126. The lowest BCUT2D eigenvalue weighted by Gasteiger charge is -2.30. The standard InChI is InChI=1S/C14H13N3O/c1-2-7-17-9-13(18)16-12-8-15-11-6-4-3-5-10(11)14(12)17/h2-6,8H,1,7,9H2,(H,16,18). The molecule has 0 radical (unpaired) electrons. The molecule has 3 rings (SSSR count). The molecule has 1 N–H and O–H groups in total. The van der Waals surface area contributed by atoms with E-state index in [1.54, 1.807) is 12.3 Å². The monoisotopic (exact) mass is 239 g/mol. The van der Waals surface area contributed by atoms with Crippen LogP contribution in [0.4, 0.5) is 11.4 Å². The van der Waals surface area contributed by atoms with Crippen LogP contribution in [-0.2, 0) is 4.79 Å². The minimum Gasteiger partial charge on any atom is -0.356 e. The van der Waals surface area contributed by atoms with E-state index < -0.39 is 0 Å². The molecule has 2 aromatic rings. The Labute approximate surface area is 105 Å². The zero-order chi connectivity index (χ0) is 12.5. The third-order valence-electron chi connectivity index (χ3n) is 3.02. The van der Waals surface area contributed by atoms with Crippen molar-refractivity contribution in [3.8, 4) is 0 Å². The number of carbonyl (C=O) groups is 1. The van der Waals surface area contributed by atoms with E-state index in [2.05, 4.69) is 16.9 Å². The zero-order valence-corrected chi connectivity index (χ0v) is 9.89. The highest BCUT2D eigenvalue weighted by Crippen LogP contribution is 2.35. The normalized spacial score (nSPS) is 14.2. The number of rotatable bonds is 2. The summed E-state index contributed by atoms with van der Waals surface area (Å²) >= 11 is 0. The minimum atomic E-state index is -0.0126. The Morgan fingerprint density at radius 2 is 2.28 bits per heavy atom. The summed E-state index contributed by atoms with van der Waals surface area (Å²) in [6, 6.07) is 7.93. The zero-order valence-electron chi connectivity index (χ0n) is 9.89. The number of benzene rings is 1. The number of para-hydroxylation sites is 1. The largest absolute Gasteiger partial charge is 0.356 e. The van der Waals surface area contributed by atoms with Crippen LogP contribution < -0.4 is 10.2 Å². The molecule has 1 amide bonds. The van der Waals surface area contributed by atoms with E-state index in [1.807, 2.05) is 29.2 Å². The first-order valence-electron chi connectivity index (χ1n) is 5.83. The van der Waals surface area contributed by atoms with Gasteiger partial charge in [-0.2, -0.15) is 0 Å². The van der Waals surface area contributed by atoms with Gasteiger partial charge in [-0.25, -0.2) is 0 Å². The molecular formula is C14H13N3O. The quantitative estimate of drug-likeness (QED) is 0.817. The van der Waals surface area contributed by atoms with E-state index >= 15 is 0 Å². The Bertz CT molecular complexity index is 636. The van der Waals surface area contributed by atoms with Crippen molar-refractivity contribution in [3.05, 3.63) is 43.1 Å². The van der Waals surface area contributed by atoms with Crippen LogP contribution in [0.5, 0.6) is 0 Å². The Morgan fingerprint density at radius 1 is 1.44 bits per heavy atom. The van der Waals surface area contributed by atoms with Gasteiger partial charge < -0.3 is 10.2 Å². The molecule has 0 spiro atoms. The maximum atomic E-state index is 11.6. The topological polar surface area (TPSA) is 45.2 Å². The summed E-state index contributed by atoms with van der Waals surface area (Å²) in [5.74, 6) is -0.0126. The predicted molar refractivity (Wildman–Crippen MR) is 72.8 cm³/mol. The second kappa shape index (κ2) is 4.14. The summed E-state index contributed by atoms with van der Waals surface area (Å²) in [4.78, 5) is 18.0. The molecule has 1 aromatic heterocycles. The van der Waals surface area contributed by atoms with Crippen LogP contribution in [0.2, 0.25) is 0 Å². The number of hydrogen-bond acceptors (Lipinski definition) is 3. The van der Waals surface area contributed by atoms with Crippen LogP contribution in [0.15, 0.2) is 43.1 Å². The average molecular weight is 239 g/mol. The van der Waals surface area contributed by atoms with Crippen LogP contribution in [0.1, 0.15) is 0 Å². The molecule has 0 aliphatic carbocycles. The van der Waals surface area contributed by atoms with E-state index in [1.165, 1.54) is 0 Å². The Kier molecular flexibility index (Phi) is 2.48. The molecule has 0 atom stereocenters. The molecule has 0 fully saturated rings. The van der Waals surface area contributed by atoms with Crippen molar-refractivity contribution in [2.45, 2.75) is 0 Å². The fourth-order valence-electron chi connectivity index (χ4n) is 2.31. The number of fused-ring (bicyclic) bond motifs is 3. The molecule has 0 bridgehead atoms. The number of aromatic nitrogens is 1. The van der Waals surface area contributed by atoms with E-state index in [0.29, 0.717) is 13.1 Å². The van der Waals surface area contributed by atoms with Crippen molar-refractivity contribution in [3.63, 3.8) is 0 Å². The lowest BCUT2D eigenvalue weighted by atomic mass is 10.1. The molecule has 2 heterocycles. The first-order chi connectivity index (χ1) is 8.79. The molecule has 1 aliphatic rings. The molecule has 90 valence electrons. The van der Waals surface area contributed by atoms with E-state index in [-0.39, 0.29) is 5.91 Å². The molecule has 18 heavy (non-hydrogen) atoms. The van der Waals surface area contributed by atoms with Gasteiger partial charge in [-0.05, 0) is 6.07 Å². The predicted octanol–water partition coefficient (Wildman–Crippen LogP) is 2.18. The van der Waals surface area contributed by atoms with Gasteiger partial charge in [0.05, 0.1) is 29.6 Å². The van der Waals surface area contributed by atoms with Crippen molar-refractivity contribution >= 4 is 28.2 Å². The Balaban J connectivity index is 2.25. The van der Waals surface area contributed by atoms with Crippen LogP contribution in [0, 0.1) is 0 Å². The first-order valence-corrected chi connectivity index (χ1v) is 5.83. The summed E-state index contributed by atoms with van der Waals surface area (Å²) in [5.41, 5.74) is 2.73. The molecule has 0 saturated carbocycles. The highest BCUT2D eigenvalue weighted by molar-refractivity contribution is 6.08. The summed E-state index contributed by atoms with van der Waals surface area (Å²) in [6.45, 7) is 4.75. The number of hydrogen-bond donors (Lipinski definition) is 1. The number of anilines is 2. The lowest BCUT2D eigenvalue weighted by molar-refractivity contribution is -0.115. The number of nitrogens with one attached hydrogen (secondary N) is 1. The molecule has 0 saturated heterocycles. The number of carbonyl (C=O) groups excluding carboxylic acids is 1. The molecular weight excluding hydrogens is 226 g/mol. The highest BCUT2D eigenvalue weighted by Gasteiger charge is 2.23. The lowest BCUT2D eigenvalue weighted by Crippen LogP contribution is -2.38. The molecule has 4 heteroatoms. The van der Waals surface area contributed by atoms with Crippen LogP contribution in [-0.4, -0.2) is 24.0 Å². The third kappa shape index (κ3) is 1.62. The number of amides is 1. The second-order valence-electron chi connectivity index (χ2n) is 4.26. The third-order valence-corrected chi connectivity index (χ3v) is 3.02. The molecule has 0 unspecified atom stereocenters. The van der Waals surface area contributed by atoms with Crippen molar-refractivity contribution in [1.29, 1.82) is 0 Å². The molecule has 1 aliphatic heterocycles. The Hall–Kier alpha value is -2.36. The van der Waals surface area contributed by atoms with E-state index in [4.69, 9.17) is 0 Å². The van der Waals surface area contributed by atoms with Crippen molar-refractivity contribution in [2.75, 3.05) is 23.3 Å². The van der Waals surface area contributed by atoms with Gasteiger partial charge in [0.25, 0.3) is 0 Å². The van der Waals surface area contributed by atoms with Gasteiger partial charge in [-0.1, -0.05) is 24.3 Å². The number of pyridine rings is 1. The van der Waals surface area contributed by atoms with E-state index in [0.717, 1.165) is 22.3 Å². The summed E-state index contributed by atoms with van der Waals surface area (Å²) in [7, 11) is 0. The molecule has 1 aromatic carbocycles. The smallest absolute Gasteiger partial charge is 0.244 e. The van der Waals surface area contributed by atoms with Gasteiger partial charge >= 0.3 is 0 Å². The van der Waals surface area contributed by atoms with Crippen LogP contribution in [0.25, 0.3) is 10.9 Å². The van der Waals surface area contributed by atoms with Gasteiger partial charge in [0.2, 0.25) is 5.91 Å². The van der Waals surface area contributed by atoms with Crippen molar-refractivity contribution in [1.82, 2.24) is 4.98 Å². The first kappa shape index (κ1) is 10.8. The van der Waals surface area contributed by atoms with Crippen molar-refractivity contribution < 1.29 is 4.79 Å². The summed E-state index contributed by atoms with van der Waals surface area (Å²) in [6.07, 6.45) is 3.52. The van der Waals surface area contributed by atoms with Crippen LogP contribution in [0.3, 0.4) is 0 Å². The fourth-order valence-corrected chi connectivity index (χ4v) is 2.31. The SMILES string of the molecule is C=CCN1CC(=O)Nc2cnc3ccccc3c21.